The molecule has 1 N–H and O–H groups in total. The molecule has 130 valence electrons. The minimum atomic E-state index is -0.766. The van der Waals surface area contributed by atoms with Crippen LogP contribution in [0.1, 0.15) is 33.2 Å². The highest BCUT2D eigenvalue weighted by molar-refractivity contribution is 6.06. The van der Waals surface area contributed by atoms with Crippen LogP contribution in [-0.4, -0.2) is 23.4 Å². The Kier molecular flexibility index (Phi) is 5.43. The molecular formula is C17H15FN2O5. The summed E-state index contributed by atoms with van der Waals surface area (Å²) in [5.74, 6) is -1.88. The summed E-state index contributed by atoms with van der Waals surface area (Å²) in [6, 6.07) is 7.10. The Hall–Kier alpha value is -3.29. The quantitative estimate of drug-likeness (QED) is 0.508. The molecule has 0 radical (unpaired) electrons. The van der Waals surface area contributed by atoms with Crippen LogP contribution in [0.15, 0.2) is 36.4 Å². The van der Waals surface area contributed by atoms with Crippen molar-refractivity contribution in [3.8, 4) is 0 Å². The molecule has 0 spiro atoms. The van der Waals surface area contributed by atoms with Gasteiger partial charge in [0.25, 0.3) is 11.6 Å². The molecular weight excluding hydrogens is 331 g/mol. The van der Waals surface area contributed by atoms with Crippen LogP contribution < -0.4 is 5.32 Å². The maximum atomic E-state index is 13.1. The van der Waals surface area contributed by atoms with Crippen molar-refractivity contribution in [3.05, 3.63) is 69.0 Å². The summed E-state index contributed by atoms with van der Waals surface area (Å²) in [5.41, 5.74) is 0.254. The lowest BCUT2D eigenvalue weighted by Crippen LogP contribution is -2.15. The van der Waals surface area contributed by atoms with Gasteiger partial charge in [-0.15, -0.1) is 0 Å². The third-order valence-electron chi connectivity index (χ3n) is 3.34. The number of hydrogen-bond donors (Lipinski definition) is 1. The van der Waals surface area contributed by atoms with E-state index in [0.29, 0.717) is 11.3 Å². The number of halogens is 1. The normalized spacial score (nSPS) is 10.2. The first-order valence-corrected chi connectivity index (χ1v) is 7.36. The van der Waals surface area contributed by atoms with E-state index >= 15 is 0 Å². The molecule has 0 saturated heterocycles. The number of esters is 1. The average molecular weight is 346 g/mol. The van der Waals surface area contributed by atoms with E-state index < -0.39 is 28.3 Å². The van der Waals surface area contributed by atoms with E-state index in [9.17, 15) is 24.1 Å². The lowest BCUT2D eigenvalue weighted by molar-refractivity contribution is -0.384. The summed E-state index contributed by atoms with van der Waals surface area (Å²) in [6.07, 6.45) is 0. The molecule has 0 aliphatic carbocycles. The zero-order valence-corrected chi connectivity index (χ0v) is 13.5. The topological polar surface area (TPSA) is 98.5 Å². The summed E-state index contributed by atoms with van der Waals surface area (Å²) >= 11 is 0. The number of anilines is 1. The summed E-state index contributed by atoms with van der Waals surface area (Å²) < 4.78 is 17.9. The van der Waals surface area contributed by atoms with Crippen molar-refractivity contribution in [1.29, 1.82) is 0 Å². The van der Waals surface area contributed by atoms with E-state index in [1.165, 1.54) is 24.3 Å². The minimum Gasteiger partial charge on any atom is -0.462 e. The van der Waals surface area contributed by atoms with Gasteiger partial charge in [0, 0.05) is 23.4 Å². The van der Waals surface area contributed by atoms with E-state index in [4.69, 9.17) is 4.74 Å². The first-order chi connectivity index (χ1) is 11.8. The summed E-state index contributed by atoms with van der Waals surface area (Å²) in [4.78, 5) is 34.5. The number of nitrogens with zero attached hydrogens (tertiary/aromatic N) is 1. The van der Waals surface area contributed by atoms with Crippen molar-refractivity contribution in [1.82, 2.24) is 0 Å². The van der Waals surface area contributed by atoms with Gasteiger partial charge in [0.1, 0.15) is 5.82 Å². The number of benzene rings is 2. The van der Waals surface area contributed by atoms with Crippen molar-refractivity contribution in [2.24, 2.45) is 0 Å². The number of nitrogens with one attached hydrogen (secondary N) is 1. The molecule has 0 atom stereocenters. The first kappa shape index (κ1) is 18.1. The van der Waals surface area contributed by atoms with E-state index in [1.807, 2.05) is 0 Å². The predicted molar refractivity (Wildman–Crippen MR) is 88.1 cm³/mol. The molecule has 0 aliphatic heterocycles. The molecule has 0 saturated carbocycles. The zero-order chi connectivity index (χ0) is 18.6. The Morgan fingerprint density at radius 2 is 1.88 bits per heavy atom. The highest BCUT2D eigenvalue weighted by atomic mass is 19.1. The second kappa shape index (κ2) is 7.52. The summed E-state index contributed by atoms with van der Waals surface area (Å²) in [6.45, 7) is 3.30. The molecule has 2 aromatic carbocycles. The van der Waals surface area contributed by atoms with Gasteiger partial charge in [-0.3, -0.25) is 14.9 Å². The van der Waals surface area contributed by atoms with Crippen molar-refractivity contribution in [2.45, 2.75) is 13.8 Å². The highest BCUT2D eigenvalue weighted by Crippen LogP contribution is 2.21. The Morgan fingerprint density at radius 1 is 1.20 bits per heavy atom. The van der Waals surface area contributed by atoms with Crippen LogP contribution >= 0.6 is 0 Å². The SMILES string of the molecule is CCOC(=O)c1cc(C(=O)Nc2ccc(F)cc2C)cc([N+](=O)[O-])c1. The Labute approximate surface area is 142 Å². The number of ether oxygens (including phenoxy) is 1. The summed E-state index contributed by atoms with van der Waals surface area (Å²) in [5, 5.41) is 13.6. The molecule has 0 bridgehead atoms. The van der Waals surface area contributed by atoms with Crippen LogP contribution in [-0.2, 0) is 4.74 Å². The van der Waals surface area contributed by atoms with Crippen LogP contribution in [0.5, 0.6) is 0 Å². The number of aryl methyl sites for hydroxylation is 1. The van der Waals surface area contributed by atoms with Crippen molar-refractivity contribution >= 4 is 23.3 Å². The minimum absolute atomic E-state index is 0.0824. The van der Waals surface area contributed by atoms with Crippen LogP contribution in [0, 0.1) is 22.9 Å². The lowest BCUT2D eigenvalue weighted by Gasteiger charge is -2.09. The van der Waals surface area contributed by atoms with Gasteiger partial charge in [0.05, 0.1) is 17.1 Å². The smallest absolute Gasteiger partial charge is 0.338 e. The molecule has 2 rings (SSSR count). The fraction of sp³-hybridized carbons (Fsp3) is 0.176. The second-order valence-corrected chi connectivity index (χ2v) is 5.16. The molecule has 0 aromatic heterocycles. The van der Waals surface area contributed by atoms with E-state index in [0.717, 1.165) is 12.1 Å². The number of rotatable bonds is 5. The van der Waals surface area contributed by atoms with Crippen LogP contribution in [0.4, 0.5) is 15.8 Å². The van der Waals surface area contributed by atoms with Gasteiger partial charge < -0.3 is 10.1 Å². The van der Waals surface area contributed by atoms with Crippen LogP contribution in [0.3, 0.4) is 0 Å². The number of nitro groups is 1. The van der Waals surface area contributed by atoms with Crippen LogP contribution in [0.2, 0.25) is 0 Å². The number of nitro benzene ring substituents is 1. The third-order valence-corrected chi connectivity index (χ3v) is 3.34. The van der Waals surface area contributed by atoms with Gasteiger partial charge in [0.2, 0.25) is 0 Å². The molecule has 0 aliphatic rings. The number of non-ortho nitro benzene ring substituents is 1. The van der Waals surface area contributed by atoms with E-state index in [2.05, 4.69) is 5.32 Å². The second-order valence-electron chi connectivity index (χ2n) is 5.16. The number of carbonyl (C=O) groups excluding carboxylic acids is 2. The average Bonchev–Trinajstić information content (AvgIpc) is 2.57. The predicted octanol–water partition coefficient (Wildman–Crippen LogP) is 3.47. The summed E-state index contributed by atoms with van der Waals surface area (Å²) in [7, 11) is 0. The van der Waals surface area contributed by atoms with Gasteiger partial charge in [-0.05, 0) is 43.7 Å². The molecule has 2 aromatic rings. The molecule has 0 unspecified atom stereocenters. The van der Waals surface area contributed by atoms with Gasteiger partial charge in [-0.2, -0.15) is 0 Å². The Morgan fingerprint density at radius 3 is 2.48 bits per heavy atom. The van der Waals surface area contributed by atoms with Crippen molar-refractivity contribution < 1.29 is 23.6 Å². The monoisotopic (exact) mass is 346 g/mol. The van der Waals surface area contributed by atoms with E-state index in [-0.39, 0.29) is 17.7 Å². The molecule has 7 nitrogen and oxygen atoms in total. The molecule has 0 fully saturated rings. The lowest BCUT2D eigenvalue weighted by atomic mass is 10.1. The van der Waals surface area contributed by atoms with Gasteiger partial charge in [0.15, 0.2) is 0 Å². The van der Waals surface area contributed by atoms with E-state index in [1.54, 1.807) is 13.8 Å². The number of amides is 1. The molecule has 1 amide bonds. The van der Waals surface area contributed by atoms with Crippen LogP contribution in [0.25, 0.3) is 0 Å². The Balaban J connectivity index is 2.37. The first-order valence-electron chi connectivity index (χ1n) is 7.36. The largest absolute Gasteiger partial charge is 0.462 e. The van der Waals surface area contributed by atoms with Crippen molar-refractivity contribution in [2.75, 3.05) is 11.9 Å². The van der Waals surface area contributed by atoms with Crippen molar-refractivity contribution in [3.63, 3.8) is 0 Å². The molecule has 0 heterocycles. The number of carbonyl (C=O) groups is 2. The highest BCUT2D eigenvalue weighted by Gasteiger charge is 2.19. The zero-order valence-electron chi connectivity index (χ0n) is 13.5. The van der Waals surface area contributed by atoms with Gasteiger partial charge in [-0.1, -0.05) is 0 Å². The number of hydrogen-bond acceptors (Lipinski definition) is 5. The standard InChI is InChI=1S/C17H15FN2O5/c1-3-25-17(22)12-7-11(8-14(9-12)20(23)24)16(21)19-15-5-4-13(18)6-10(15)2/h4-9H,3H2,1-2H3,(H,19,21). The van der Waals surface area contributed by atoms with Gasteiger partial charge in [-0.25, -0.2) is 9.18 Å². The van der Waals surface area contributed by atoms with Gasteiger partial charge >= 0.3 is 5.97 Å². The fourth-order valence-corrected chi connectivity index (χ4v) is 2.14. The molecule has 25 heavy (non-hydrogen) atoms. The molecule has 8 heteroatoms. The third kappa shape index (κ3) is 4.37. The Bertz CT molecular complexity index is 851. The maximum Gasteiger partial charge on any atom is 0.338 e. The maximum absolute atomic E-state index is 13.1. The fourth-order valence-electron chi connectivity index (χ4n) is 2.14.